The molecule has 158 valence electrons. The lowest BCUT2D eigenvalue weighted by atomic mass is 10.1. The highest BCUT2D eigenvalue weighted by atomic mass is 16.5. The number of nitrogens with one attached hydrogen (secondary N) is 1. The summed E-state index contributed by atoms with van der Waals surface area (Å²) in [6.07, 6.45) is 5.58. The zero-order chi connectivity index (χ0) is 20.6. The average Bonchev–Trinajstić information content (AvgIpc) is 3.48. The van der Waals surface area contributed by atoms with Crippen LogP contribution in [0, 0.1) is 5.92 Å². The minimum Gasteiger partial charge on any atom is -0.376 e. The van der Waals surface area contributed by atoms with E-state index in [9.17, 15) is 0 Å². The predicted octanol–water partition coefficient (Wildman–Crippen LogP) is 3.68. The van der Waals surface area contributed by atoms with Crippen molar-refractivity contribution in [2.75, 3.05) is 44.7 Å². The van der Waals surface area contributed by atoms with Crippen LogP contribution in [0.15, 0.2) is 71.7 Å². The fourth-order valence-electron chi connectivity index (χ4n) is 4.11. The quantitative estimate of drug-likeness (QED) is 0.434. The molecule has 4 rings (SSSR count). The third-order valence-corrected chi connectivity index (χ3v) is 5.83. The molecule has 1 fully saturated rings. The minimum atomic E-state index is 0.556. The zero-order valence-electron chi connectivity index (χ0n) is 17.8. The van der Waals surface area contributed by atoms with Crippen molar-refractivity contribution in [3.63, 3.8) is 0 Å². The highest BCUT2D eigenvalue weighted by molar-refractivity contribution is 5.80. The number of hydrogen-bond acceptors (Lipinski definition) is 3. The summed E-state index contributed by atoms with van der Waals surface area (Å²) < 4.78 is 5.95. The monoisotopic (exact) mass is 404 g/mol. The fraction of sp³-hybridized carbons (Fsp3) is 0.400. The Balaban J connectivity index is 1.20. The average molecular weight is 405 g/mol. The van der Waals surface area contributed by atoms with Crippen molar-refractivity contribution in [3.8, 4) is 0 Å². The summed E-state index contributed by atoms with van der Waals surface area (Å²) >= 11 is 0. The molecule has 0 amide bonds. The highest BCUT2D eigenvalue weighted by Gasteiger charge is 2.25. The van der Waals surface area contributed by atoms with Gasteiger partial charge in [0.1, 0.15) is 0 Å². The van der Waals surface area contributed by atoms with Gasteiger partial charge in [0.05, 0.1) is 13.2 Å². The second-order valence-electron chi connectivity index (χ2n) is 8.05. The van der Waals surface area contributed by atoms with Gasteiger partial charge in [-0.05, 0) is 29.7 Å². The molecule has 1 atom stereocenters. The molecule has 1 N–H and O–H groups in total. The molecule has 0 radical (unpaired) electrons. The Morgan fingerprint density at radius 3 is 2.53 bits per heavy atom. The van der Waals surface area contributed by atoms with E-state index in [4.69, 9.17) is 4.74 Å². The van der Waals surface area contributed by atoms with Crippen LogP contribution in [-0.2, 0) is 17.9 Å². The smallest absolute Gasteiger partial charge is 0.193 e. The Kier molecular flexibility index (Phi) is 7.03. The SMILES string of the molecule is CN=C(NCc1ccc(N2CC=CC2)cc1)N1CCC(COCc2ccccc2)C1. The Labute approximate surface area is 180 Å². The van der Waals surface area contributed by atoms with Crippen molar-refractivity contribution >= 4 is 11.6 Å². The number of nitrogens with zero attached hydrogens (tertiary/aromatic N) is 3. The van der Waals surface area contributed by atoms with Crippen LogP contribution in [-0.4, -0.2) is 50.7 Å². The molecule has 0 aromatic heterocycles. The molecular formula is C25H32N4O. The molecule has 2 heterocycles. The number of benzene rings is 2. The van der Waals surface area contributed by atoms with Gasteiger partial charge in [0, 0.05) is 51.4 Å². The van der Waals surface area contributed by atoms with Gasteiger partial charge in [0.15, 0.2) is 5.96 Å². The van der Waals surface area contributed by atoms with E-state index in [1.54, 1.807) is 0 Å². The third-order valence-electron chi connectivity index (χ3n) is 5.83. The summed E-state index contributed by atoms with van der Waals surface area (Å²) in [4.78, 5) is 9.21. The van der Waals surface area contributed by atoms with Crippen LogP contribution in [0.25, 0.3) is 0 Å². The first-order valence-corrected chi connectivity index (χ1v) is 10.9. The van der Waals surface area contributed by atoms with Crippen molar-refractivity contribution in [2.45, 2.75) is 19.6 Å². The van der Waals surface area contributed by atoms with Gasteiger partial charge in [-0.25, -0.2) is 0 Å². The van der Waals surface area contributed by atoms with Crippen molar-refractivity contribution in [3.05, 3.63) is 77.9 Å². The van der Waals surface area contributed by atoms with Crippen LogP contribution in [0.2, 0.25) is 0 Å². The number of anilines is 1. The molecular weight excluding hydrogens is 372 g/mol. The van der Waals surface area contributed by atoms with Crippen molar-refractivity contribution in [1.82, 2.24) is 10.2 Å². The maximum absolute atomic E-state index is 5.95. The molecule has 2 aromatic rings. The Morgan fingerprint density at radius 1 is 1.03 bits per heavy atom. The summed E-state index contributed by atoms with van der Waals surface area (Å²) in [5, 5.41) is 3.53. The fourth-order valence-corrected chi connectivity index (χ4v) is 4.11. The van der Waals surface area contributed by atoms with Crippen LogP contribution >= 0.6 is 0 Å². The van der Waals surface area contributed by atoms with E-state index in [0.29, 0.717) is 12.5 Å². The van der Waals surface area contributed by atoms with Crippen LogP contribution in [0.4, 0.5) is 5.69 Å². The summed E-state index contributed by atoms with van der Waals surface area (Å²) in [6, 6.07) is 19.2. The lowest BCUT2D eigenvalue weighted by molar-refractivity contribution is 0.0906. The lowest BCUT2D eigenvalue weighted by Crippen LogP contribution is -2.39. The van der Waals surface area contributed by atoms with E-state index in [2.05, 4.69) is 80.8 Å². The maximum atomic E-state index is 5.95. The van der Waals surface area contributed by atoms with Crippen LogP contribution < -0.4 is 10.2 Å². The molecule has 5 heteroatoms. The molecule has 1 saturated heterocycles. The van der Waals surface area contributed by atoms with E-state index in [-0.39, 0.29) is 0 Å². The molecule has 0 aliphatic carbocycles. The van der Waals surface area contributed by atoms with Crippen LogP contribution in [0.3, 0.4) is 0 Å². The van der Waals surface area contributed by atoms with Crippen LogP contribution in [0.1, 0.15) is 17.5 Å². The maximum Gasteiger partial charge on any atom is 0.193 e. The molecule has 2 aliphatic rings. The van der Waals surface area contributed by atoms with Gasteiger partial charge >= 0.3 is 0 Å². The van der Waals surface area contributed by atoms with Gasteiger partial charge in [-0.2, -0.15) is 0 Å². The molecule has 1 unspecified atom stereocenters. The summed E-state index contributed by atoms with van der Waals surface area (Å²) in [6.45, 7) is 6.32. The normalized spacial score (nSPS) is 19.0. The second kappa shape index (κ2) is 10.3. The molecule has 0 bridgehead atoms. The molecule has 2 aliphatic heterocycles. The first-order chi connectivity index (χ1) is 14.8. The van der Waals surface area contributed by atoms with Gasteiger partial charge in [-0.3, -0.25) is 4.99 Å². The van der Waals surface area contributed by atoms with Gasteiger partial charge in [0.2, 0.25) is 0 Å². The topological polar surface area (TPSA) is 40.1 Å². The number of likely N-dealkylation sites (tertiary alicyclic amines) is 1. The highest BCUT2D eigenvalue weighted by Crippen LogP contribution is 2.19. The van der Waals surface area contributed by atoms with E-state index < -0.39 is 0 Å². The summed E-state index contributed by atoms with van der Waals surface area (Å²) in [5.41, 5.74) is 3.79. The van der Waals surface area contributed by atoms with Crippen molar-refractivity contribution in [2.24, 2.45) is 10.9 Å². The van der Waals surface area contributed by atoms with E-state index in [0.717, 1.165) is 51.7 Å². The predicted molar refractivity (Wildman–Crippen MR) is 124 cm³/mol. The zero-order valence-corrected chi connectivity index (χ0v) is 17.8. The first kappa shape index (κ1) is 20.5. The Hall–Kier alpha value is -2.79. The number of rotatable bonds is 7. The van der Waals surface area contributed by atoms with Crippen molar-refractivity contribution in [1.29, 1.82) is 0 Å². The summed E-state index contributed by atoms with van der Waals surface area (Å²) in [5.74, 6) is 1.54. The van der Waals surface area contributed by atoms with E-state index in [1.807, 2.05) is 13.1 Å². The van der Waals surface area contributed by atoms with Gasteiger partial charge in [-0.1, -0.05) is 54.6 Å². The molecule has 30 heavy (non-hydrogen) atoms. The molecule has 2 aromatic carbocycles. The molecule has 0 saturated carbocycles. The van der Waals surface area contributed by atoms with E-state index >= 15 is 0 Å². The standard InChI is InChI=1S/C25H32N4O/c1-26-25(27-17-21-9-11-24(12-10-21)28-14-5-6-15-28)29-16-13-23(18-29)20-30-19-22-7-3-2-4-8-22/h2-12,23H,13-20H2,1H3,(H,26,27). The van der Waals surface area contributed by atoms with Crippen LogP contribution in [0.5, 0.6) is 0 Å². The van der Waals surface area contributed by atoms with E-state index in [1.165, 1.54) is 16.8 Å². The third kappa shape index (κ3) is 5.42. The van der Waals surface area contributed by atoms with Gasteiger partial charge in [-0.15, -0.1) is 0 Å². The minimum absolute atomic E-state index is 0.556. The number of guanidine groups is 1. The van der Waals surface area contributed by atoms with Gasteiger partial charge < -0.3 is 19.9 Å². The Morgan fingerprint density at radius 2 is 1.80 bits per heavy atom. The molecule has 0 spiro atoms. The summed E-state index contributed by atoms with van der Waals surface area (Å²) in [7, 11) is 1.87. The first-order valence-electron chi connectivity index (χ1n) is 10.9. The number of ether oxygens (including phenoxy) is 1. The number of hydrogen-bond donors (Lipinski definition) is 1. The van der Waals surface area contributed by atoms with Gasteiger partial charge in [0.25, 0.3) is 0 Å². The second-order valence-corrected chi connectivity index (χ2v) is 8.05. The Bertz CT molecular complexity index is 839. The number of aliphatic imine (C=N–C) groups is 1. The van der Waals surface area contributed by atoms with Crippen molar-refractivity contribution < 1.29 is 4.74 Å². The molecule has 5 nitrogen and oxygen atoms in total. The lowest BCUT2D eigenvalue weighted by Gasteiger charge is -2.22. The largest absolute Gasteiger partial charge is 0.376 e.